The summed E-state index contributed by atoms with van der Waals surface area (Å²) in [6.07, 6.45) is 7.28. The standard InChI is InChI=1S/C9H16N2/c10-7-9(8-3-4-8)11-5-1-2-6-11/h1-2,8-9H,3-7,10H2. The normalized spacial score (nSPS) is 27.7. The minimum absolute atomic E-state index is 0.671. The molecule has 1 fully saturated rings. The van der Waals surface area contributed by atoms with Crippen LogP contribution in [0.4, 0.5) is 0 Å². The molecular formula is C9H16N2. The van der Waals surface area contributed by atoms with Gasteiger partial charge in [0.1, 0.15) is 0 Å². The van der Waals surface area contributed by atoms with Crippen molar-refractivity contribution < 1.29 is 0 Å². The van der Waals surface area contributed by atoms with Gasteiger partial charge in [-0.3, -0.25) is 4.90 Å². The minimum atomic E-state index is 0.671. The van der Waals surface area contributed by atoms with E-state index in [0.717, 1.165) is 25.6 Å². The van der Waals surface area contributed by atoms with Gasteiger partial charge in [0.25, 0.3) is 0 Å². The first-order valence-corrected chi connectivity index (χ1v) is 4.51. The average molecular weight is 152 g/mol. The second-order valence-corrected chi connectivity index (χ2v) is 3.57. The zero-order valence-corrected chi connectivity index (χ0v) is 6.87. The Morgan fingerprint density at radius 1 is 1.36 bits per heavy atom. The van der Waals surface area contributed by atoms with Gasteiger partial charge in [-0.25, -0.2) is 0 Å². The molecule has 0 amide bonds. The third kappa shape index (κ3) is 1.47. The molecule has 2 heteroatoms. The highest BCUT2D eigenvalue weighted by molar-refractivity contribution is 5.01. The van der Waals surface area contributed by atoms with Crippen molar-refractivity contribution in [2.45, 2.75) is 18.9 Å². The third-order valence-corrected chi connectivity index (χ3v) is 2.72. The Kier molecular flexibility index (Phi) is 1.96. The fourth-order valence-electron chi connectivity index (χ4n) is 1.89. The third-order valence-electron chi connectivity index (χ3n) is 2.72. The van der Waals surface area contributed by atoms with Crippen molar-refractivity contribution in [1.82, 2.24) is 4.90 Å². The van der Waals surface area contributed by atoms with Crippen molar-refractivity contribution >= 4 is 0 Å². The van der Waals surface area contributed by atoms with Crippen molar-refractivity contribution in [1.29, 1.82) is 0 Å². The lowest BCUT2D eigenvalue weighted by Gasteiger charge is -2.25. The zero-order valence-electron chi connectivity index (χ0n) is 6.87. The Morgan fingerprint density at radius 2 is 2.00 bits per heavy atom. The molecule has 0 aromatic heterocycles. The lowest BCUT2D eigenvalue weighted by molar-refractivity contribution is 0.233. The van der Waals surface area contributed by atoms with Crippen LogP contribution in [0.25, 0.3) is 0 Å². The highest BCUT2D eigenvalue weighted by Gasteiger charge is 2.34. The summed E-state index contributed by atoms with van der Waals surface area (Å²) in [4.78, 5) is 2.48. The SMILES string of the molecule is NCC(C1CC1)N1CC=CC1. The molecule has 0 saturated heterocycles. The monoisotopic (exact) mass is 152 g/mol. The number of nitrogens with zero attached hydrogens (tertiary/aromatic N) is 1. The maximum atomic E-state index is 5.72. The molecule has 1 saturated carbocycles. The first-order chi connectivity index (χ1) is 5.42. The van der Waals surface area contributed by atoms with E-state index in [0.29, 0.717) is 6.04 Å². The van der Waals surface area contributed by atoms with Crippen LogP contribution >= 0.6 is 0 Å². The highest BCUT2D eigenvalue weighted by atomic mass is 15.2. The van der Waals surface area contributed by atoms with E-state index < -0.39 is 0 Å². The van der Waals surface area contributed by atoms with E-state index in [2.05, 4.69) is 17.1 Å². The fourth-order valence-corrected chi connectivity index (χ4v) is 1.89. The number of nitrogens with two attached hydrogens (primary N) is 1. The van der Waals surface area contributed by atoms with Crippen LogP contribution in [-0.2, 0) is 0 Å². The lowest BCUT2D eigenvalue weighted by atomic mass is 10.1. The van der Waals surface area contributed by atoms with Gasteiger partial charge >= 0.3 is 0 Å². The summed E-state index contributed by atoms with van der Waals surface area (Å²) in [6, 6.07) is 0.671. The molecule has 0 radical (unpaired) electrons. The van der Waals surface area contributed by atoms with Gasteiger partial charge in [0.15, 0.2) is 0 Å². The van der Waals surface area contributed by atoms with Crippen LogP contribution < -0.4 is 5.73 Å². The molecule has 1 atom stereocenters. The molecule has 62 valence electrons. The van der Waals surface area contributed by atoms with Crippen LogP contribution in [0.1, 0.15) is 12.8 Å². The molecule has 1 unspecified atom stereocenters. The molecule has 2 aliphatic rings. The molecule has 1 heterocycles. The largest absolute Gasteiger partial charge is 0.329 e. The van der Waals surface area contributed by atoms with Gasteiger partial charge in [-0.05, 0) is 18.8 Å². The second kappa shape index (κ2) is 2.95. The maximum absolute atomic E-state index is 5.72. The maximum Gasteiger partial charge on any atom is 0.0253 e. The Labute approximate surface area is 68.1 Å². The lowest BCUT2D eigenvalue weighted by Crippen LogP contribution is -2.40. The Bertz CT molecular complexity index is 153. The quantitative estimate of drug-likeness (QED) is 0.600. The van der Waals surface area contributed by atoms with E-state index >= 15 is 0 Å². The summed E-state index contributed by atoms with van der Waals surface area (Å²) in [6.45, 7) is 3.09. The van der Waals surface area contributed by atoms with Crippen molar-refractivity contribution in [2.75, 3.05) is 19.6 Å². The first-order valence-electron chi connectivity index (χ1n) is 4.51. The van der Waals surface area contributed by atoms with Gasteiger partial charge in [-0.2, -0.15) is 0 Å². The van der Waals surface area contributed by atoms with Gasteiger partial charge in [0, 0.05) is 25.7 Å². The van der Waals surface area contributed by atoms with Gasteiger partial charge in [0.2, 0.25) is 0 Å². The van der Waals surface area contributed by atoms with Crippen molar-refractivity contribution in [2.24, 2.45) is 11.7 Å². The van der Waals surface area contributed by atoms with Gasteiger partial charge in [-0.15, -0.1) is 0 Å². The molecule has 2 rings (SSSR count). The van der Waals surface area contributed by atoms with E-state index in [9.17, 15) is 0 Å². The molecule has 1 aliphatic carbocycles. The van der Waals surface area contributed by atoms with E-state index in [1.807, 2.05) is 0 Å². The molecule has 11 heavy (non-hydrogen) atoms. The van der Waals surface area contributed by atoms with Crippen LogP contribution in [0.15, 0.2) is 12.2 Å². The van der Waals surface area contributed by atoms with E-state index in [4.69, 9.17) is 5.73 Å². The molecule has 2 N–H and O–H groups in total. The minimum Gasteiger partial charge on any atom is -0.329 e. The van der Waals surface area contributed by atoms with Crippen LogP contribution in [0.5, 0.6) is 0 Å². The first kappa shape index (κ1) is 7.32. The smallest absolute Gasteiger partial charge is 0.0253 e. The summed E-state index contributed by atoms with van der Waals surface area (Å²) in [7, 11) is 0. The Hall–Kier alpha value is -0.340. The number of hydrogen-bond donors (Lipinski definition) is 1. The number of hydrogen-bond acceptors (Lipinski definition) is 2. The van der Waals surface area contributed by atoms with Crippen LogP contribution in [-0.4, -0.2) is 30.6 Å². The molecule has 0 spiro atoms. The predicted molar refractivity (Wildman–Crippen MR) is 46.3 cm³/mol. The molecule has 0 bridgehead atoms. The van der Waals surface area contributed by atoms with E-state index in [-0.39, 0.29) is 0 Å². The average Bonchev–Trinajstić information content (AvgIpc) is 2.68. The van der Waals surface area contributed by atoms with Crippen molar-refractivity contribution in [3.8, 4) is 0 Å². The van der Waals surface area contributed by atoms with Crippen LogP contribution in [0.3, 0.4) is 0 Å². The Balaban J connectivity index is 1.89. The molecule has 0 aromatic carbocycles. The van der Waals surface area contributed by atoms with Gasteiger partial charge in [-0.1, -0.05) is 12.2 Å². The molecule has 2 nitrogen and oxygen atoms in total. The zero-order chi connectivity index (χ0) is 7.68. The topological polar surface area (TPSA) is 29.3 Å². The molecule has 1 aliphatic heterocycles. The summed E-state index contributed by atoms with van der Waals surface area (Å²) in [5.41, 5.74) is 5.72. The summed E-state index contributed by atoms with van der Waals surface area (Å²) >= 11 is 0. The van der Waals surface area contributed by atoms with E-state index in [1.54, 1.807) is 0 Å². The second-order valence-electron chi connectivity index (χ2n) is 3.57. The number of rotatable bonds is 3. The van der Waals surface area contributed by atoms with Gasteiger partial charge in [0.05, 0.1) is 0 Å². The highest BCUT2D eigenvalue weighted by Crippen LogP contribution is 2.35. The predicted octanol–water partition coefficient (Wildman–Crippen LogP) is 0.595. The molecule has 0 aromatic rings. The van der Waals surface area contributed by atoms with Crippen molar-refractivity contribution in [3.63, 3.8) is 0 Å². The van der Waals surface area contributed by atoms with Gasteiger partial charge < -0.3 is 5.73 Å². The fraction of sp³-hybridized carbons (Fsp3) is 0.778. The van der Waals surface area contributed by atoms with E-state index in [1.165, 1.54) is 12.8 Å². The summed E-state index contributed by atoms with van der Waals surface area (Å²) in [5.74, 6) is 0.917. The Morgan fingerprint density at radius 3 is 2.45 bits per heavy atom. The van der Waals surface area contributed by atoms with Crippen molar-refractivity contribution in [3.05, 3.63) is 12.2 Å². The van der Waals surface area contributed by atoms with Crippen LogP contribution in [0.2, 0.25) is 0 Å². The van der Waals surface area contributed by atoms with Crippen LogP contribution in [0, 0.1) is 5.92 Å². The summed E-state index contributed by atoms with van der Waals surface area (Å²) in [5, 5.41) is 0. The summed E-state index contributed by atoms with van der Waals surface area (Å²) < 4.78 is 0. The molecular weight excluding hydrogens is 136 g/mol.